The van der Waals surface area contributed by atoms with Crippen LogP contribution < -0.4 is 31.3 Å². The largest absolute Gasteiger partial charge is 0.480 e. The van der Waals surface area contributed by atoms with Crippen LogP contribution in [0.2, 0.25) is 5.02 Å². The van der Waals surface area contributed by atoms with Gasteiger partial charge < -0.3 is 36.4 Å². The fourth-order valence-electron chi connectivity index (χ4n) is 6.27. The summed E-state index contributed by atoms with van der Waals surface area (Å²) >= 11 is 6.03. The number of rotatable bonds is 16. The van der Waals surface area contributed by atoms with Gasteiger partial charge in [-0.3, -0.25) is 19.3 Å². The Morgan fingerprint density at radius 3 is 2.14 bits per heavy atom. The van der Waals surface area contributed by atoms with E-state index in [0.717, 1.165) is 30.8 Å². The molecule has 15 nitrogen and oxygen atoms in total. The molecule has 3 aromatic carbocycles. The van der Waals surface area contributed by atoms with Crippen LogP contribution in [-0.4, -0.2) is 87.1 Å². The molecule has 4 aromatic rings. The SMILES string of the molecule is O=C(NCCC(NC(=O)c1ccc(Nc2nc(NC3(c4ccc(Cl)cc4)CC3)nc(OCC(F)(F)F)n2)cc1)C(=O)O)C(=O)Nc1ccc(CN2CCCCC2)cc1. The number of aromatic nitrogens is 3. The van der Waals surface area contributed by atoms with Gasteiger partial charge >= 0.3 is 30.0 Å². The summed E-state index contributed by atoms with van der Waals surface area (Å²) in [6.07, 6.45) is 0.133. The quantitative estimate of drug-likeness (QED) is 0.0764. The molecular weight excluding hydrogens is 783 g/mol. The molecule has 0 spiro atoms. The van der Waals surface area contributed by atoms with Crippen LogP contribution in [0.4, 0.5) is 36.4 Å². The molecule has 19 heteroatoms. The number of anilines is 4. The number of likely N-dealkylation sites (tertiary alicyclic amines) is 1. The van der Waals surface area contributed by atoms with E-state index in [1.165, 1.54) is 43.5 Å². The number of nitrogens with zero attached hydrogens (tertiary/aromatic N) is 4. The number of carboxylic acid groups (broad SMARTS) is 1. The van der Waals surface area contributed by atoms with Crippen LogP contribution in [0.25, 0.3) is 0 Å². The minimum absolute atomic E-state index is 0.0391. The zero-order valence-electron chi connectivity index (χ0n) is 31.1. The third-order valence-electron chi connectivity index (χ3n) is 9.48. The lowest BCUT2D eigenvalue weighted by Gasteiger charge is -2.26. The first-order valence-corrected chi connectivity index (χ1v) is 18.9. The summed E-state index contributed by atoms with van der Waals surface area (Å²) in [4.78, 5) is 64.5. The van der Waals surface area contributed by atoms with Crippen molar-refractivity contribution >= 4 is 58.6 Å². The van der Waals surface area contributed by atoms with E-state index < -0.39 is 54.1 Å². The molecule has 6 rings (SSSR count). The predicted octanol–water partition coefficient (Wildman–Crippen LogP) is 5.62. The molecule has 3 amide bonds. The average Bonchev–Trinajstić information content (AvgIpc) is 3.98. The van der Waals surface area contributed by atoms with E-state index in [-0.39, 0.29) is 30.4 Å². The summed E-state index contributed by atoms with van der Waals surface area (Å²) in [5, 5.41) is 23.6. The molecule has 1 aliphatic carbocycles. The molecular formula is C39H41ClF3N9O6. The van der Waals surface area contributed by atoms with Gasteiger partial charge in [-0.25, -0.2) is 4.79 Å². The summed E-state index contributed by atoms with van der Waals surface area (Å²) < 4.78 is 43.7. The lowest BCUT2D eigenvalue weighted by atomic mass is 10.1. The summed E-state index contributed by atoms with van der Waals surface area (Å²) in [5.41, 5.74) is 2.26. The van der Waals surface area contributed by atoms with Crippen molar-refractivity contribution in [2.75, 3.05) is 42.2 Å². The molecule has 2 aliphatic rings. The van der Waals surface area contributed by atoms with E-state index in [1.807, 2.05) is 24.3 Å². The van der Waals surface area contributed by atoms with Crippen molar-refractivity contribution < 1.29 is 42.2 Å². The summed E-state index contributed by atoms with van der Waals surface area (Å²) in [7, 11) is 0. The van der Waals surface area contributed by atoms with Gasteiger partial charge in [0.1, 0.15) is 6.04 Å². The minimum Gasteiger partial charge on any atom is -0.480 e. The Morgan fingerprint density at radius 2 is 1.50 bits per heavy atom. The molecule has 2 fully saturated rings. The molecule has 1 saturated heterocycles. The van der Waals surface area contributed by atoms with Gasteiger partial charge in [-0.1, -0.05) is 42.3 Å². The van der Waals surface area contributed by atoms with E-state index in [0.29, 0.717) is 29.2 Å². The average molecular weight is 824 g/mol. The molecule has 0 radical (unpaired) electrons. The van der Waals surface area contributed by atoms with Crippen molar-refractivity contribution in [1.29, 1.82) is 0 Å². The maximum absolute atomic E-state index is 13.0. The summed E-state index contributed by atoms with van der Waals surface area (Å²) in [5.74, 6) is -4.18. The van der Waals surface area contributed by atoms with E-state index in [4.69, 9.17) is 16.3 Å². The van der Waals surface area contributed by atoms with Crippen LogP contribution >= 0.6 is 11.6 Å². The van der Waals surface area contributed by atoms with Crippen molar-refractivity contribution in [1.82, 2.24) is 30.5 Å². The van der Waals surface area contributed by atoms with Crippen molar-refractivity contribution in [3.8, 4) is 6.01 Å². The summed E-state index contributed by atoms with van der Waals surface area (Å²) in [6.45, 7) is 1.06. The number of nitrogens with one attached hydrogen (secondary N) is 5. The third kappa shape index (κ3) is 12.0. The molecule has 306 valence electrons. The van der Waals surface area contributed by atoms with Crippen molar-refractivity contribution in [3.05, 3.63) is 94.5 Å². The first kappa shape index (κ1) is 41.6. The van der Waals surface area contributed by atoms with Crippen LogP contribution in [0, 0.1) is 0 Å². The number of alkyl halides is 3. The second kappa shape index (κ2) is 18.5. The topological polar surface area (TPSA) is 200 Å². The number of aliphatic carboxylic acids is 1. The van der Waals surface area contributed by atoms with Crippen LogP contribution in [-0.2, 0) is 26.5 Å². The first-order valence-electron chi connectivity index (χ1n) is 18.5. The number of ether oxygens (including phenoxy) is 1. The Labute approximate surface area is 336 Å². The standard InChI is InChI=1S/C39H41ClF3N9O6/c40-27-10-8-26(9-11-27)38(17-18-38)51-36-48-35(49-37(50-36)58-23-39(41,42)43)46-29-14-6-25(7-15-29)31(53)47-30(34(56)57)16-19-44-32(54)33(55)45-28-12-4-24(5-13-28)22-52-20-2-1-3-21-52/h4-15,30H,1-3,16-23H2,(H,44,54)(H,45,55)(H,47,53)(H,56,57)(H2,46,48,49,50,51). The van der Waals surface area contributed by atoms with Gasteiger partial charge in [0.25, 0.3) is 5.91 Å². The van der Waals surface area contributed by atoms with Crippen LogP contribution in [0.5, 0.6) is 6.01 Å². The molecule has 1 atom stereocenters. The van der Waals surface area contributed by atoms with Gasteiger partial charge in [-0.2, -0.15) is 28.1 Å². The smallest absolute Gasteiger partial charge is 0.422 e. The van der Waals surface area contributed by atoms with Gasteiger partial charge in [0, 0.05) is 35.1 Å². The van der Waals surface area contributed by atoms with Gasteiger partial charge in [-0.15, -0.1) is 0 Å². The predicted molar refractivity (Wildman–Crippen MR) is 208 cm³/mol. The van der Waals surface area contributed by atoms with Crippen molar-refractivity contribution in [2.45, 2.75) is 62.8 Å². The van der Waals surface area contributed by atoms with Crippen LogP contribution in [0.3, 0.4) is 0 Å². The van der Waals surface area contributed by atoms with Crippen molar-refractivity contribution in [2.24, 2.45) is 0 Å². The number of amides is 3. The molecule has 1 aliphatic heterocycles. The number of carboxylic acids is 1. The summed E-state index contributed by atoms with van der Waals surface area (Å²) in [6, 6.07) is 18.0. The molecule has 1 aromatic heterocycles. The van der Waals surface area contributed by atoms with Gasteiger partial charge in [0.15, 0.2) is 6.61 Å². The van der Waals surface area contributed by atoms with Gasteiger partial charge in [-0.05, 0) is 105 Å². The Hall–Kier alpha value is -6.01. The third-order valence-corrected chi connectivity index (χ3v) is 9.73. The number of benzene rings is 3. The van der Waals surface area contributed by atoms with Crippen LogP contribution in [0.1, 0.15) is 60.0 Å². The number of hydrogen-bond acceptors (Lipinski definition) is 11. The van der Waals surface area contributed by atoms with Gasteiger partial charge in [0.2, 0.25) is 11.9 Å². The maximum Gasteiger partial charge on any atom is 0.422 e. The molecule has 6 N–H and O–H groups in total. The fourth-order valence-corrected chi connectivity index (χ4v) is 6.40. The van der Waals surface area contributed by atoms with Crippen molar-refractivity contribution in [3.63, 3.8) is 0 Å². The Balaban J connectivity index is 1.01. The van der Waals surface area contributed by atoms with E-state index in [1.54, 1.807) is 24.3 Å². The Bertz CT molecular complexity index is 2080. The molecule has 0 bridgehead atoms. The molecule has 58 heavy (non-hydrogen) atoms. The molecule has 2 heterocycles. The fraction of sp³-hybridized carbons (Fsp3) is 0.359. The Kier molecular flexibility index (Phi) is 13.3. The number of carbonyl (C=O) groups is 4. The highest BCUT2D eigenvalue weighted by atomic mass is 35.5. The van der Waals surface area contributed by atoms with Crippen LogP contribution in [0.15, 0.2) is 72.8 Å². The number of hydrogen-bond donors (Lipinski definition) is 6. The lowest BCUT2D eigenvalue weighted by Crippen LogP contribution is -2.44. The lowest BCUT2D eigenvalue weighted by molar-refractivity contribution is -0.154. The second-order valence-corrected chi connectivity index (χ2v) is 14.4. The zero-order valence-corrected chi connectivity index (χ0v) is 31.8. The second-order valence-electron chi connectivity index (χ2n) is 14.0. The highest BCUT2D eigenvalue weighted by molar-refractivity contribution is 6.39. The number of carbonyl (C=O) groups excluding carboxylic acids is 3. The van der Waals surface area contributed by atoms with E-state index in [9.17, 15) is 37.5 Å². The maximum atomic E-state index is 13.0. The highest BCUT2D eigenvalue weighted by Gasteiger charge is 2.45. The Morgan fingerprint density at radius 1 is 0.845 bits per heavy atom. The van der Waals surface area contributed by atoms with E-state index >= 15 is 0 Å². The first-order chi connectivity index (χ1) is 27.7. The molecule has 1 unspecified atom stereocenters. The molecule has 1 saturated carbocycles. The van der Waals surface area contributed by atoms with Gasteiger partial charge in [0.05, 0.1) is 5.54 Å². The normalized spacial score (nSPS) is 15.4. The number of halogens is 4. The van der Waals surface area contributed by atoms with E-state index in [2.05, 4.69) is 46.4 Å². The zero-order chi connectivity index (χ0) is 41.3. The number of piperidine rings is 1. The monoisotopic (exact) mass is 823 g/mol. The highest BCUT2D eigenvalue weighted by Crippen LogP contribution is 2.48. The minimum atomic E-state index is -4.64.